The van der Waals surface area contributed by atoms with Gasteiger partial charge in [-0.3, -0.25) is 9.59 Å². The predicted octanol–water partition coefficient (Wildman–Crippen LogP) is 4.22. The third-order valence-electron chi connectivity index (χ3n) is 5.78. The Morgan fingerprint density at radius 2 is 1.88 bits per heavy atom. The first-order valence-corrected chi connectivity index (χ1v) is 11.9. The molecule has 0 saturated carbocycles. The summed E-state index contributed by atoms with van der Waals surface area (Å²) in [5.74, 6) is -0.389. The van der Waals surface area contributed by atoms with Crippen LogP contribution in [0.4, 0.5) is 0 Å². The summed E-state index contributed by atoms with van der Waals surface area (Å²) in [6.45, 7) is 6.49. The van der Waals surface area contributed by atoms with Crippen molar-refractivity contribution in [3.8, 4) is 0 Å². The Morgan fingerprint density at radius 1 is 1.15 bits per heavy atom. The molecule has 2 amide bonds. The molecule has 1 atom stereocenters. The molecule has 1 saturated heterocycles. The molecule has 0 bridgehead atoms. The lowest BCUT2D eigenvalue weighted by atomic mass is 9.79. The quantitative estimate of drug-likeness (QED) is 0.493. The summed E-state index contributed by atoms with van der Waals surface area (Å²) in [5.41, 5.74) is 0.638. The van der Waals surface area contributed by atoms with Gasteiger partial charge in [0.15, 0.2) is 5.54 Å². The summed E-state index contributed by atoms with van der Waals surface area (Å²) in [5, 5.41) is 13.1. The second-order valence-corrected chi connectivity index (χ2v) is 10.4. The van der Waals surface area contributed by atoms with Gasteiger partial charge in [0.05, 0.1) is 19.2 Å². The third-order valence-corrected chi connectivity index (χ3v) is 6.37. The van der Waals surface area contributed by atoms with Gasteiger partial charge in [0, 0.05) is 22.1 Å². The maximum absolute atomic E-state index is 13.6. The summed E-state index contributed by atoms with van der Waals surface area (Å²) >= 11 is 12.3. The zero-order chi connectivity index (χ0) is 24.5. The number of hydrogen-bond acceptors (Lipinski definition) is 4. The summed E-state index contributed by atoms with van der Waals surface area (Å²) < 4.78 is 0. The number of likely N-dealkylation sites (tertiary alicyclic amines) is 1. The minimum Gasteiger partial charge on any atom is -0.349 e. The number of halogens is 2. The summed E-state index contributed by atoms with van der Waals surface area (Å²) in [6, 6.07) is 15.1. The lowest BCUT2D eigenvalue weighted by Crippen LogP contribution is -2.69. The Bertz CT molecular complexity index is 1210. The number of aromatic nitrogens is 3. The van der Waals surface area contributed by atoms with Crippen LogP contribution in [-0.4, -0.2) is 43.8 Å². The molecule has 178 valence electrons. The summed E-state index contributed by atoms with van der Waals surface area (Å²) in [4.78, 5) is 29.5. The van der Waals surface area contributed by atoms with Crippen molar-refractivity contribution in [3.05, 3.63) is 81.6 Å². The molecular formula is C25H27Cl2N5O2. The average molecular weight is 500 g/mol. The number of benzene rings is 2. The lowest BCUT2D eigenvalue weighted by molar-refractivity contribution is -0.168. The molecule has 1 N–H and O–H groups in total. The highest BCUT2D eigenvalue weighted by Gasteiger charge is 2.59. The molecule has 0 unspecified atom stereocenters. The number of amides is 2. The van der Waals surface area contributed by atoms with Gasteiger partial charge < -0.3 is 10.2 Å². The minimum absolute atomic E-state index is 0.0350. The fourth-order valence-electron chi connectivity index (χ4n) is 4.11. The fraction of sp³-hybridized carbons (Fsp3) is 0.360. The van der Waals surface area contributed by atoms with Crippen molar-refractivity contribution in [1.82, 2.24) is 25.2 Å². The van der Waals surface area contributed by atoms with Crippen LogP contribution < -0.4 is 5.32 Å². The normalized spacial score (nSPS) is 18.0. The smallest absolute Gasteiger partial charge is 0.253 e. The molecule has 1 aromatic heterocycles. The van der Waals surface area contributed by atoms with Gasteiger partial charge in [-0.2, -0.15) is 15.0 Å². The topological polar surface area (TPSA) is 80.1 Å². The van der Waals surface area contributed by atoms with Crippen LogP contribution in [0.1, 0.15) is 44.0 Å². The zero-order valence-corrected chi connectivity index (χ0v) is 20.9. The molecule has 34 heavy (non-hydrogen) atoms. The predicted molar refractivity (Wildman–Crippen MR) is 132 cm³/mol. The van der Waals surface area contributed by atoms with Crippen LogP contribution in [0.2, 0.25) is 10.0 Å². The van der Waals surface area contributed by atoms with Crippen molar-refractivity contribution in [3.63, 3.8) is 0 Å². The Labute approximate surface area is 209 Å². The SMILES string of the molecule is CC(C)(C)NC(=O)[C@]1(c2cnn(Cc3ccccc3)n2)CC(=O)N1CCc1ccc(Cl)cc1Cl. The lowest BCUT2D eigenvalue weighted by Gasteiger charge is -2.50. The maximum Gasteiger partial charge on any atom is 0.253 e. The Balaban J connectivity index is 1.63. The average Bonchev–Trinajstić information content (AvgIpc) is 3.21. The molecule has 0 spiro atoms. The van der Waals surface area contributed by atoms with Gasteiger partial charge in [0.25, 0.3) is 5.91 Å². The highest BCUT2D eigenvalue weighted by Crippen LogP contribution is 2.41. The summed E-state index contributed by atoms with van der Waals surface area (Å²) in [6.07, 6.45) is 2.09. The van der Waals surface area contributed by atoms with Crippen LogP contribution in [-0.2, 0) is 28.1 Å². The second kappa shape index (κ2) is 9.39. The molecule has 0 aliphatic carbocycles. The van der Waals surface area contributed by atoms with Crippen molar-refractivity contribution in [2.24, 2.45) is 0 Å². The van der Waals surface area contributed by atoms with Crippen molar-refractivity contribution in [1.29, 1.82) is 0 Å². The molecule has 9 heteroatoms. The Hall–Kier alpha value is -2.90. The maximum atomic E-state index is 13.6. The van der Waals surface area contributed by atoms with E-state index in [9.17, 15) is 9.59 Å². The molecule has 2 aromatic carbocycles. The number of hydrogen-bond donors (Lipinski definition) is 1. The Morgan fingerprint density at radius 3 is 2.53 bits per heavy atom. The van der Waals surface area contributed by atoms with E-state index in [2.05, 4.69) is 15.5 Å². The van der Waals surface area contributed by atoms with Crippen LogP contribution in [0.3, 0.4) is 0 Å². The van der Waals surface area contributed by atoms with Crippen LogP contribution in [0, 0.1) is 0 Å². The monoisotopic (exact) mass is 499 g/mol. The number of rotatable bonds is 7. The van der Waals surface area contributed by atoms with Crippen molar-refractivity contribution < 1.29 is 9.59 Å². The van der Waals surface area contributed by atoms with E-state index >= 15 is 0 Å². The first kappa shape index (κ1) is 24.2. The van der Waals surface area contributed by atoms with Crippen LogP contribution in [0.25, 0.3) is 0 Å². The van der Waals surface area contributed by atoms with Crippen molar-refractivity contribution in [2.75, 3.05) is 6.54 Å². The van der Waals surface area contributed by atoms with E-state index in [-0.39, 0.29) is 18.2 Å². The number of carbonyl (C=O) groups is 2. The number of nitrogens with zero attached hydrogens (tertiary/aromatic N) is 4. The second-order valence-electron chi connectivity index (χ2n) is 9.52. The van der Waals surface area contributed by atoms with Crippen LogP contribution in [0.15, 0.2) is 54.7 Å². The van der Waals surface area contributed by atoms with E-state index in [1.54, 1.807) is 28.0 Å². The molecule has 1 aliphatic rings. The van der Waals surface area contributed by atoms with E-state index in [1.165, 1.54) is 0 Å². The number of carbonyl (C=O) groups excluding carboxylic acids is 2. The van der Waals surface area contributed by atoms with Gasteiger partial charge in [0.2, 0.25) is 5.91 Å². The van der Waals surface area contributed by atoms with Crippen LogP contribution in [0.5, 0.6) is 0 Å². The summed E-state index contributed by atoms with van der Waals surface area (Å²) in [7, 11) is 0. The van der Waals surface area contributed by atoms with E-state index < -0.39 is 11.1 Å². The third kappa shape index (κ3) is 4.95. The minimum atomic E-state index is -1.22. The molecule has 2 heterocycles. The van der Waals surface area contributed by atoms with E-state index in [0.717, 1.165) is 11.1 Å². The molecular weight excluding hydrogens is 473 g/mol. The molecule has 1 aliphatic heterocycles. The highest BCUT2D eigenvalue weighted by atomic mass is 35.5. The van der Waals surface area contributed by atoms with Gasteiger partial charge in [-0.05, 0) is 50.5 Å². The van der Waals surface area contributed by atoms with E-state index in [0.29, 0.717) is 35.2 Å². The van der Waals surface area contributed by atoms with Gasteiger partial charge in [-0.15, -0.1) is 0 Å². The fourth-order valence-corrected chi connectivity index (χ4v) is 4.61. The molecule has 1 fully saturated rings. The Kier molecular flexibility index (Phi) is 6.69. The standard InChI is InChI=1S/C25H27Cl2N5O2/c1-24(2,3)29-23(34)25(21-15-28-32(30-21)16-17-7-5-4-6-8-17)14-22(33)31(25)12-11-18-9-10-19(26)13-20(18)27/h4-10,13,15H,11-12,14,16H2,1-3H3,(H,29,34)/t25-/m1/s1. The van der Waals surface area contributed by atoms with E-state index in [1.807, 2.05) is 57.2 Å². The number of β-lactam (4-membered cyclic amide) rings is 1. The first-order chi connectivity index (χ1) is 16.1. The highest BCUT2D eigenvalue weighted by molar-refractivity contribution is 6.35. The number of nitrogens with one attached hydrogen (secondary N) is 1. The van der Waals surface area contributed by atoms with Crippen molar-refractivity contribution in [2.45, 2.75) is 51.2 Å². The van der Waals surface area contributed by atoms with Gasteiger partial charge in [-0.1, -0.05) is 59.6 Å². The molecule has 4 rings (SSSR count). The largest absolute Gasteiger partial charge is 0.349 e. The van der Waals surface area contributed by atoms with Crippen LogP contribution >= 0.6 is 23.2 Å². The molecule has 3 aromatic rings. The van der Waals surface area contributed by atoms with E-state index in [4.69, 9.17) is 23.2 Å². The first-order valence-electron chi connectivity index (χ1n) is 11.1. The zero-order valence-electron chi connectivity index (χ0n) is 19.4. The van der Waals surface area contributed by atoms with Crippen molar-refractivity contribution >= 4 is 35.0 Å². The van der Waals surface area contributed by atoms with Gasteiger partial charge in [0.1, 0.15) is 5.69 Å². The van der Waals surface area contributed by atoms with Gasteiger partial charge >= 0.3 is 0 Å². The molecule has 7 nitrogen and oxygen atoms in total. The molecule has 0 radical (unpaired) electrons. The van der Waals surface area contributed by atoms with Gasteiger partial charge in [-0.25, -0.2) is 0 Å².